The number of hydrogen-bond donors (Lipinski definition) is 3. The molecule has 186 valence electrons. The van der Waals surface area contributed by atoms with Gasteiger partial charge in [-0.3, -0.25) is 0 Å². The monoisotopic (exact) mass is 456 g/mol. The van der Waals surface area contributed by atoms with E-state index < -0.39 is 17.8 Å². The predicted molar refractivity (Wildman–Crippen MR) is 138 cm³/mol. The number of allylic oxidation sites excluding steroid dienone is 6. The number of hydrogen-bond acceptors (Lipinski definition) is 3. The van der Waals surface area contributed by atoms with Gasteiger partial charge in [-0.2, -0.15) is 0 Å². The van der Waals surface area contributed by atoms with Gasteiger partial charge in [0.05, 0.1) is 17.8 Å². The molecular weight excluding hydrogens is 408 g/mol. The van der Waals surface area contributed by atoms with E-state index in [9.17, 15) is 15.3 Å². The molecule has 0 amide bonds. The Balaban J connectivity index is 1.72. The topological polar surface area (TPSA) is 60.7 Å². The second-order valence-corrected chi connectivity index (χ2v) is 11.5. The van der Waals surface area contributed by atoms with Crippen molar-refractivity contribution in [3.05, 3.63) is 47.1 Å². The van der Waals surface area contributed by atoms with E-state index >= 15 is 0 Å². The maximum Gasteiger partial charge on any atom is 0.0828 e. The zero-order chi connectivity index (χ0) is 24.2. The molecule has 3 nitrogen and oxygen atoms in total. The van der Waals surface area contributed by atoms with Crippen LogP contribution in [0.25, 0.3) is 0 Å². The molecule has 0 spiro atoms. The third-order valence-electron chi connectivity index (χ3n) is 9.13. The number of fused-ring (bicyclic) bond motifs is 1. The molecule has 0 aromatic carbocycles. The molecule has 0 bridgehead atoms. The summed E-state index contributed by atoms with van der Waals surface area (Å²) in [5, 5.41) is 30.6. The Hall–Kier alpha value is -1.16. The Bertz CT molecular complexity index is 772. The Morgan fingerprint density at radius 3 is 2.42 bits per heavy atom. The minimum Gasteiger partial charge on any atom is -0.393 e. The molecule has 0 aliphatic heterocycles. The summed E-state index contributed by atoms with van der Waals surface area (Å²) in [7, 11) is 0. The lowest BCUT2D eigenvalue weighted by Crippen LogP contribution is -2.35. The van der Waals surface area contributed by atoms with E-state index in [1.54, 1.807) is 5.57 Å². The average molecular weight is 457 g/mol. The summed E-state index contributed by atoms with van der Waals surface area (Å²) in [5.41, 5.74) is 3.57. The van der Waals surface area contributed by atoms with E-state index in [1.807, 2.05) is 19.9 Å². The van der Waals surface area contributed by atoms with E-state index in [2.05, 4.69) is 45.1 Å². The van der Waals surface area contributed by atoms with Crippen molar-refractivity contribution in [3.63, 3.8) is 0 Å². The lowest BCUT2D eigenvalue weighted by Gasteiger charge is -2.44. The van der Waals surface area contributed by atoms with Gasteiger partial charge < -0.3 is 15.3 Å². The van der Waals surface area contributed by atoms with E-state index in [4.69, 9.17) is 0 Å². The maximum atomic E-state index is 10.6. The van der Waals surface area contributed by atoms with Crippen molar-refractivity contribution >= 4 is 0 Å². The Labute approximate surface area is 202 Å². The minimum atomic E-state index is -0.690. The summed E-state index contributed by atoms with van der Waals surface area (Å²) in [6, 6.07) is 0. The molecule has 33 heavy (non-hydrogen) atoms. The van der Waals surface area contributed by atoms with Crippen LogP contribution in [0.2, 0.25) is 0 Å². The fraction of sp³-hybridized carbons (Fsp3) is 0.733. The molecule has 3 fully saturated rings. The van der Waals surface area contributed by atoms with Gasteiger partial charge in [-0.05, 0) is 94.3 Å². The standard InChI is InChI=1S/C30H48O3/c1-6-30(33,7-2)20-21(3)10-11-22(4)27-14-15-28-24(9-8-16-29(27,28)5)13-12-23-17-25(31)19-26(32)18-23/h10-13,20,22,25-28,31-33H,6-9,14-19H2,1-5H3/b11-10+,21-20+,24-13+/t22-,25-,26-,27-,28+,29-/m1/s1. The summed E-state index contributed by atoms with van der Waals surface area (Å²) in [6.07, 6.45) is 20.0. The van der Waals surface area contributed by atoms with Crippen molar-refractivity contribution in [2.24, 2.45) is 23.2 Å². The highest BCUT2D eigenvalue weighted by Gasteiger charge is 2.50. The maximum absolute atomic E-state index is 10.6. The van der Waals surface area contributed by atoms with Crippen molar-refractivity contribution in [2.45, 2.75) is 117 Å². The van der Waals surface area contributed by atoms with E-state index in [0.717, 1.165) is 18.4 Å². The lowest BCUT2D eigenvalue weighted by atomic mass is 9.61. The Morgan fingerprint density at radius 1 is 1.12 bits per heavy atom. The highest BCUT2D eigenvalue weighted by molar-refractivity contribution is 5.27. The van der Waals surface area contributed by atoms with Gasteiger partial charge in [0.1, 0.15) is 0 Å². The van der Waals surface area contributed by atoms with Crippen LogP contribution in [0.4, 0.5) is 0 Å². The van der Waals surface area contributed by atoms with Gasteiger partial charge in [0.25, 0.3) is 0 Å². The first-order chi connectivity index (χ1) is 15.6. The summed E-state index contributed by atoms with van der Waals surface area (Å²) in [6.45, 7) is 11.1. The smallest absolute Gasteiger partial charge is 0.0828 e. The number of aliphatic hydroxyl groups is 3. The number of rotatable bonds is 7. The van der Waals surface area contributed by atoms with Gasteiger partial charge in [0.2, 0.25) is 0 Å². The van der Waals surface area contributed by atoms with Gasteiger partial charge in [-0.25, -0.2) is 0 Å². The quantitative estimate of drug-likeness (QED) is 0.376. The number of aliphatic hydroxyl groups excluding tert-OH is 2. The summed E-state index contributed by atoms with van der Waals surface area (Å²) >= 11 is 0. The fourth-order valence-corrected chi connectivity index (χ4v) is 7.04. The molecule has 3 rings (SSSR count). The predicted octanol–water partition coefficient (Wildman–Crippen LogP) is 6.65. The van der Waals surface area contributed by atoms with Gasteiger partial charge >= 0.3 is 0 Å². The molecule has 0 unspecified atom stereocenters. The summed E-state index contributed by atoms with van der Waals surface area (Å²) in [5.74, 6) is 1.84. The lowest BCUT2D eigenvalue weighted by molar-refractivity contribution is 0.0609. The van der Waals surface area contributed by atoms with Crippen LogP contribution in [0.3, 0.4) is 0 Å². The molecule has 0 radical (unpaired) electrons. The Morgan fingerprint density at radius 2 is 1.79 bits per heavy atom. The normalized spacial score (nSPS) is 35.8. The van der Waals surface area contributed by atoms with Crippen LogP contribution in [0, 0.1) is 23.2 Å². The van der Waals surface area contributed by atoms with Crippen LogP contribution in [0.1, 0.15) is 98.8 Å². The molecule has 0 aromatic rings. The van der Waals surface area contributed by atoms with Crippen molar-refractivity contribution in [3.8, 4) is 0 Å². The van der Waals surface area contributed by atoms with Crippen molar-refractivity contribution < 1.29 is 15.3 Å². The molecule has 0 saturated heterocycles. The highest BCUT2D eigenvalue weighted by Crippen LogP contribution is 2.59. The third kappa shape index (κ3) is 6.29. The van der Waals surface area contributed by atoms with Gasteiger partial charge in [-0.1, -0.05) is 74.8 Å². The van der Waals surface area contributed by atoms with Crippen LogP contribution in [0.15, 0.2) is 47.1 Å². The summed E-state index contributed by atoms with van der Waals surface area (Å²) in [4.78, 5) is 0. The van der Waals surface area contributed by atoms with Crippen LogP contribution < -0.4 is 0 Å². The van der Waals surface area contributed by atoms with Crippen molar-refractivity contribution in [1.29, 1.82) is 0 Å². The summed E-state index contributed by atoms with van der Waals surface area (Å²) < 4.78 is 0. The molecule has 6 atom stereocenters. The SMILES string of the molecule is CCC(O)(/C=C(C)/C=C/[C@@H](C)[C@H]1CC[C@H]2/C(=C/C=C3C[C@@H](O)C[C@H](O)C3)CCC[C@]12C)CC. The van der Waals surface area contributed by atoms with Crippen LogP contribution in [0.5, 0.6) is 0 Å². The van der Waals surface area contributed by atoms with Crippen molar-refractivity contribution in [2.75, 3.05) is 0 Å². The van der Waals surface area contributed by atoms with Crippen molar-refractivity contribution in [1.82, 2.24) is 0 Å². The molecule has 0 aromatic heterocycles. The van der Waals surface area contributed by atoms with Gasteiger partial charge in [-0.15, -0.1) is 0 Å². The minimum absolute atomic E-state index is 0.336. The molecular formula is C30H48O3. The first-order valence-corrected chi connectivity index (χ1v) is 13.4. The van der Waals surface area contributed by atoms with E-state index in [0.29, 0.717) is 42.4 Å². The zero-order valence-electron chi connectivity index (χ0n) is 21.7. The molecule has 3 heteroatoms. The second-order valence-electron chi connectivity index (χ2n) is 11.5. The van der Waals surface area contributed by atoms with Crippen LogP contribution in [-0.2, 0) is 0 Å². The molecule has 3 saturated carbocycles. The van der Waals surface area contributed by atoms with E-state index in [-0.39, 0.29) is 0 Å². The average Bonchev–Trinajstić information content (AvgIpc) is 3.13. The zero-order valence-corrected chi connectivity index (χ0v) is 21.7. The molecule has 3 aliphatic carbocycles. The largest absolute Gasteiger partial charge is 0.393 e. The van der Waals surface area contributed by atoms with E-state index in [1.165, 1.54) is 37.7 Å². The first-order valence-electron chi connectivity index (χ1n) is 13.4. The fourth-order valence-electron chi connectivity index (χ4n) is 7.04. The van der Waals surface area contributed by atoms with Crippen LogP contribution >= 0.6 is 0 Å². The molecule has 3 aliphatic rings. The second kappa shape index (κ2) is 11.1. The highest BCUT2D eigenvalue weighted by atomic mass is 16.3. The first kappa shape index (κ1) is 26.4. The molecule has 0 heterocycles. The van der Waals surface area contributed by atoms with Crippen LogP contribution in [-0.4, -0.2) is 33.1 Å². The molecule has 3 N–H and O–H groups in total. The van der Waals surface area contributed by atoms with Gasteiger partial charge in [0, 0.05) is 0 Å². The Kier molecular flexibility index (Phi) is 8.86. The van der Waals surface area contributed by atoms with Gasteiger partial charge in [0.15, 0.2) is 0 Å². The third-order valence-corrected chi connectivity index (χ3v) is 9.13.